The number of aromatic nitrogens is 2. The molecule has 1 aromatic heterocycles. The monoisotopic (exact) mass is 530 g/mol. The van der Waals surface area contributed by atoms with Gasteiger partial charge in [-0.05, 0) is 35.3 Å². The fraction of sp³-hybridized carbons (Fsp3) is 0.364. The first-order chi connectivity index (χ1) is 16.9. The molecule has 0 spiro atoms. The molecule has 0 bridgehead atoms. The number of nitrogens with zero attached hydrogens (tertiary/aromatic N) is 4. The molecule has 35 heavy (non-hydrogen) atoms. The Kier molecular flexibility index (Phi) is 5.66. The summed E-state index contributed by atoms with van der Waals surface area (Å²) in [5.74, 6) is 1.38. The van der Waals surface area contributed by atoms with Crippen molar-refractivity contribution >= 4 is 60.8 Å². The summed E-state index contributed by atoms with van der Waals surface area (Å²) in [6.45, 7) is 0.950. The molecule has 1 fully saturated rings. The van der Waals surface area contributed by atoms with Crippen LogP contribution in [0, 0.1) is 0 Å². The number of hydrogen-bond acceptors (Lipinski definition) is 11. The first-order valence-corrected chi connectivity index (χ1v) is 14.5. The van der Waals surface area contributed by atoms with Gasteiger partial charge >= 0.3 is 0 Å². The second-order valence-corrected chi connectivity index (χ2v) is 12.8. The van der Waals surface area contributed by atoms with Gasteiger partial charge in [0, 0.05) is 29.6 Å². The van der Waals surface area contributed by atoms with Gasteiger partial charge in [-0.1, -0.05) is 10.6 Å². The first-order valence-electron chi connectivity index (χ1n) is 11.1. The van der Waals surface area contributed by atoms with Crippen LogP contribution >= 0.6 is 23.3 Å². The molecule has 0 radical (unpaired) electrons. The van der Waals surface area contributed by atoms with E-state index in [1.165, 1.54) is 11.5 Å². The van der Waals surface area contributed by atoms with Gasteiger partial charge in [-0.15, -0.1) is 16.9 Å². The highest BCUT2D eigenvalue weighted by Gasteiger charge is 2.39. The SMILES string of the molecule is COc1cc2nnsc2cc1NC1=NCNC2Sc3cc(C(=O)N4CCS(=O)(=O)CC4)ccc3C12. The molecule has 1 amide bonds. The lowest BCUT2D eigenvalue weighted by atomic mass is 9.95. The minimum Gasteiger partial charge on any atom is -0.494 e. The number of thioether (sulfide) groups is 1. The van der Waals surface area contributed by atoms with Crippen molar-refractivity contribution in [2.75, 3.05) is 43.7 Å². The standard InChI is InChI=1S/C22H22N6O4S3/c1-32-16-9-15-18(34-27-26-15)10-14(16)25-20-19-13-3-2-12(8-17(13)33-21(19)24-11-23-20)22(29)28-4-6-35(30,31)7-5-28/h2-3,8-10,19,21,24H,4-7,11H2,1H3,(H,23,25). The molecule has 182 valence electrons. The van der Waals surface area contributed by atoms with Gasteiger partial charge in [-0.2, -0.15) is 0 Å². The highest BCUT2D eigenvalue weighted by Crippen LogP contribution is 2.47. The van der Waals surface area contributed by atoms with E-state index in [-0.39, 0.29) is 41.8 Å². The molecule has 3 aliphatic rings. The Bertz CT molecular complexity index is 1460. The maximum absolute atomic E-state index is 13.0. The number of ether oxygens (including phenoxy) is 1. The van der Waals surface area contributed by atoms with Crippen LogP contribution in [-0.2, 0) is 9.84 Å². The molecule has 13 heteroatoms. The molecule has 6 rings (SSSR count). The number of carbonyl (C=O) groups is 1. The molecular formula is C22H22N6O4S3. The zero-order chi connectivity index (χ0) is 24.2. The largest absolute Gasteiger partial charge is 0.494 e. The van der Waals surface area contributed by atoms with Crippen LogP contribution in [0.2, 0.25) is 0 Å². The van der Waals surface area contributed by atoms with Crippen molar-refractivity contribution in [3.8, 4) is 5.75 Å². The first kappa shape index (κ1) is 22.7. The van der Waals surface area contributed by atoms with Gasteiger partial charge in [0.1, 0.15) is 17.1 Å². The number of aliphatic imine (C=N–C) groups is 1. The van der Waals surface area contributed by atoms with Gasteiger partial charge in [0.25, 0.3) is 5.91 Å². The molecule has 4 heterocycles. The summed E-state index contributed by atoms with van der Waals surface area (Å²) in [6.07, 6.45) is 0. The smallest absolute Gasteiger partial charge is 0.253 e. The Labute approximate surface area is 210 Å². The Morgan fingerprint density at radius 3 is 2.86 bits per heavy atom. The van der Waals surface area contributed by atoms with Gasteiger partial charge in [-0.25, -0.2) is 8.42 Å². The second kappa shape index (κ2) is 8.73. The predicted molar refractivity (Wildman–Crippen MR) is 136 cm³/mol. The number of carbonyl (C=O) groups excluding carboxylic acids is 1. The highest BCUT2D eigenvalue weighted by molar-refractivity contribution is 8.00. The molecule has 2 unspecified atom stereocenters. The number of nitrogens with one attached hydrogen (secondary N) is 2. The van der Waals surface area contributed by atoms with Crippen molar-refractivity contribution in [3.05, 3.63) is 41.5 Å². The maximum atomic E-state index is 13.0. The van der Waals surface area contributed by atoms with Crippen LogP contribution < -0.4 is 15.4 Å². The Morgan fingerprint density at radius 1 is 1.23 bits per heavy atom. The van der Waals surface area contributed by atoms with Crippen molar-refractivity contribution < 1.29 is 17.9 Å². The number of anilines is 1. The fourth-order valence-electron chi connectivity index (χ4n) is 4.59. The Morgan fingerprint density at radius 2 is 2.06 bits per heavy atom. The quantitative estimate of drug-likeness (QED) is 0.524. The lowest BCUT2D eigenvalue weighted by Crippen LogP contribution is -2.43. The topological polar surface area (TPSA) is 126 Å². The molecular weight excluding hydrogens is 508 g/mol. The maximum Gasteiger partial charge on any atom is 0.253 e. The van der Waals surface area contributed by atoms with Gasteiger partial charge in [0.05, 0.1) is 47.0 Å². The van der Waals surface area contributed by atoms with Gasteiger partial charge in [-0.3, -0.25) is 15.1 Å². The highest BCUT2D eigenvalue weighted by atomic mass is 32.2. The van der Waals surface area contributed by atoms with E-state index in [4.69, 9.17) is 9.73 Å². The molecule has 2 atom stereocenters. The van der Waals surface area contributed by atoms with Crippen molar-refractivity contribution in [2.45, 2.75) is 16.2 Å². The molecule has 1 saturated heterocycles. The molecule has 2 N–H and O–H groups in total. The Hall–Kier alpha value is -2.74. The number of benzene rings is 2. The van der Waals surface area contributed by atoms with Crippen LogP contribution in [0.25, 0.3) is 10.2 Å². The molecule has 3 aromatic rings. The summed E-state index contributed by atoms with van der Waals surface area (Å²) < 4.78 is 34.0. The zero-order valence-electron chi connectivity index (χ0n) is 18.7. The van der Waals surface area contributed by atoms with Crippen molar-refractivity contribution in [1.82, 2.24) is 19.8 Å². The Balaban J connectivity index is 1.26. The number of amidine groups is 1. The predicted octanol–water partition coefficient (Wildman–Crippen LogP) is 2.16. The number of fused-ring (bicyclic) bond motifs is 4. The summed E-state index contributed by atoms with van der Waals surface area (Å²) in [4.78, 5) is 20.4. The summed E-state index contributed by atoms with van der Waals surface area (Å²) >= 11 is 3.00. The van der Waals surface area contributed by atoms with E-state index in [1.54, 1.807) is 23.8 Å². The van der Waals surface area contributed by atoms with Crippen LogP contribution in [0.5, 0.6) is 5.75 Å². The minimum absolute atomic E-state index is 0.0187. The molecule has 3 aliphatic heterocycles. The van der Waals surface area contributed by atoms with E-state index in [2.05, 4.69) is 20.2 Å². The summed E-state index contributed by atoms with van der Waals surface area (Å²) in [7, 11) is -1.42. The van der Waals surface area contributed by atoms with E-state index in [1.807, 2.05) is 30.3 Å². The van der Waals surface area contributed by atoms with Crippen LogP contribution in [0.4, 0.5) is 5.69 Å². The normalized spacial score (nSPS) is 22.9. The van der Waals surface area contributed by atoms with Crippen molar-refractivity contribution in [2.24, 2.45) is 4.99 Å². The average Bonchev–Trinajstić information content (AvgIpc) is 3.46. The van der Waals surface area contributed by atoms with Gasteiger partial charge in [0.2, 0.25) is 0 Å². The summed E-state index contributed by atoms with van der Waals surface area (Å²) in [6, 6.07) is 9.57. The number of hydrogen-bond donors (Lipinski definition) is 2. The number of methoxy groups -OCH3 is 1. The van der Waals surface area contributed by atoms with Crippen LogP contribution in [-0.4, -0.2) is 78.4 Å². The fourth-order valence-corrected chi connectivity index (χ4v) is 7.74. The lowest BCUT2D eigenvalue weighted by molar-refractivity contribution is 0.0770. The van der Waals surface area contributed by atoms with Crippen LogP contribution in [0.1, 0.15) is 21.8 Å². The van der Waals surface area contributed by atoms with Crippen LogP contribution in [0.15, 0.2) is 40.2 Å². The number of amides is 1. The minimum atomic E-state index is -3.04. The van der Waals surface area contributed by atoms with E-state index < -0.39 is 9.84 Å². The third kappa shape index (κ3) is 4.15. The average molecular weight is 531 g/mol. The van der Waals surface area contributed by atoms with E-state index in [9.17, 15) is 13.2 Å². The van der Waals surface area contributed by atoms with Gasteiger partial charge in [0.15, 0.2) is 9.84 Å². The van der Waals surface area contributed by atoms with E-state index >= 15 is 0 Å². The summed E-state index contributed by atoms with van der Waals surface area (Å²) in [5.41, 5.74) is 3.25. The number of rotatable bonds is 3. The molecule has 0 aliphatic carbocycles. The number of sulfone groups is 1. The van der Waals surface area contributed by atoms with Crippen molar-refractivity contribution in [1.29, 1.82) is 0 Å². The van der Waals surface area contributed by atoms with Gasteiger partial charge < -0.3 is 15.0 Å². The lowest BCUT2D eigenvalue weighted by Gasteiger charge is -2.28. The molecule has 0 saturated carbocycles. The van der Waals surface area contributed by atoms with Crippen molar-refractivity contribution in [3.63, 3.8) is 0 Å². The second-order valence-electron chi connectivity index (χ2n) is 8.54. The van der Waals surface area contributed by atoms with E-state index in [0.717, 1.165) is 32.2 Å². The molecule has 2 aromatic carbocycles. The molecule has 10 nitrogen and oxygen atoms in total. The third-order valence-electron chi connectivity index (χ3n) is 6.45. The summed E-state index contributed by atoms with van der Waals surface area (Å²) in [5, 5.41) is 11.1. The third-order valence-corrected chi connectivity index (χ3v) is 10.0. The zero-order valence-corrected chi connectivity index (χ0v) is 21.2. The van der Waals surface area contributed by atoms with E-state index in [0.29, 0.717) is 18.0 Å². The van der Waals surface area contributed by atoms with Crippen LogP contribution in [0.3, 0.4) is 0 Å².